The number of unbranched alkanes of at least 4 members (excludes halogenated alkanes) is 2. The van der Waals surface area contributed by atoms with Crippen molar-refractivity contribution >= 4 is 5.91 Å². The minimum absolute atomic E-state index is 0.0623. The van der Waals surface area contributed by atoms with Crippen LogP contribution in [0.4, 0.5) is 0 Å². The lowest BCUT2D eigenvalue weighted by molar-refractivity contribution is -0.135. The van der Waals surface area contributed by atoms with Crippen LogP contribution in [-0.2, 0) is 9.53 Å². The van der Waals surface area contributed by atoms with Crippen LogP contribution in [0.1, 0.15) is 32.1 Å². The molecule has 100 valence electrons. The van der Waals surface area contributed by atoms with E-state index in [0.29, 0.717) is 39.1 Å². The Morgan fingerprint density at radius 1 is 1.29 bits per heavy atom. The second-order valence-electron chi connectivity index (χ2n) is 4.64. The number of aliphatic hydroxyl groups is 1. The zero-order valence-electron chi connectivity index (χ0n) is 10.4. The van der Waals surface area contributed by atoms with E-state index in [4.69, 9.17) is 15.6 Å². The molecule has 0 bridgehead atoms. The largest absolute Gasteiger partial charge is 0.396 e. The Bertz CT molecular complexity index is 228. The summed E-state index contributed by atoms with van der Waals surface area (Å²) in [7, 11) is 0. The number of carbonyl (C=O) groups excluding carboxylic acids is 1. The molecule has 1 aliphatic heterocycles. The van der Waals surface area contributed by atoms with E-state index in [1.54, 1.807) is 0 Å². The molecule has 1 aliphatic rings. The molecule has 1 heterocycles. The highest BCUT2D eigenvalue weighted by molar-refractivity contribution is 5.83. The summed E-state index contributed by atoms with van der Waals surface area (Å²) in [6.45, 7) is 2.52. The summed E-state index contributed by atoms with van der Waals surface area (Å²) in [5.74, 6) is 0.0623. The molecular weight excluding hydrogens is 220 g/mol. The second kappa shape index (κ2) is 7.63. The van der Waals surface area contributed by atoms with E-state index in [0.717, 1.165) is 19.3 Å². The van der Waals surface area contributed by atoms with Gasteiger partial charge in [-0.15, -0.1) is 0 Å². The number of amides is 1. The van der Waals surface area contributed by atoms with Gasteiger partial charge in [0, 0.05) is 32.9 Å². The number of nitrogens with two attached hydrogens (primary N) is 1. The van der Waals surface area contributed by atoms with E-state index in [1.807, 2.05) is 0 Å². The minimum Gasteiger partial charge on any atom is -0.396 e. The number of aliphatic hydroxyl groups excluding tert-OH is 1. The lowest BCUT2D eigenvalue weighted by Gasteiger charge is -2.34. The second-order valence-corrected chi connectivity index (χ2v) is 4.64. The lowest BCUT2D eigenvalue weighted by atomic mass is 9.79. The van der Waals surface area contributed by atoms with Crippen molar-refractivity contribution in [2.75, 3.05) is 32.9 Å². The van der Waals surface area contributed by atoms with Gasteiger partial charge in [-0.2, -0.15) is 0 Å². The van der Waals surface area contributed by atoms with Crippen LogP contribution in [0.3, 0.4) is 0 Å². The van der Waals surface area contributed by atoms with Crippen molar-refractivity contribution in [1.82, 2.24) is 5.32 Å². The fraction of sp³-hybridized carbons (Fsp3) is 0.917. The molecule has 0 radical (unpaired) electrons. The van der Waals surface area contributed by atoms with Crippen molar-refractivity contribution in [1.29, 1.82) is 0 Å². The smallest absolute Gasteiger partial charge is 0.227 e. The van der Waals surface area contributed by atoms with Gasteiger partial charge in [0.15, 0.2) is 0 Å². The number of carbonyl (C=O) groups is 1. The van der Waals surface area contributed by atoms with Crippen LogP contribution in [0.15, 0.2) is 0 Å². The summed E-state index contributed by atoms with van der Waals surface area (Å²) in [6.07, 6.45) is 4.07. The third-order valence-electron chi connectivity index (χ3n) is 3.44. The first-order valence-electron chi connectivity index (χ1n) is 6.42. The van der Waals surface area contributed by atoms with Crippen LogP contribution in [0.25, 0.3) is 0 Å². The fourth-order valence-corrected chi connectivity index (χ4v) is 2.09. The standard InChI is InChI=1S/C12H24N2O3/c13-10-12(4-8-17-9-5-12)11(16)14-6-2-1-3-7-15/h15H,1-10,13H2,(H,14,16). The minimum atomic E-state index is -0.421. The van der Waals surface area contributed by atoms with Crippen molar-refractivity contribution in [3.05, 3.63) is 0 Å². The van der Waals surface area contributed by atoms with E-state index in [-0.39, 0.29) is 12.5 Å². The Balaban J connectivity index is 2.28. The molecule has 0 saturated carbocycles. The normalized spacial score (nSPS) is 18.9. The van der Waals surface area contributed by atoms with Gasteiger partial charge in [-0.25, -0.2) is 0 Å². The summed E-state index contributed by atoms with van der Waals surface area (Å²) in [5.41, 5.74) is 5.32. The Morgan fingerprint density at radius 2 is 2.00 bits per heavy atom. The van der Waals surface area contributed by atoms with Gasteiger partial charge in [-0.05, 0) is 32.1 Å². The number of hydrogen-bond donors (Lipinski definition) is 3. The average Bonchev–Trinajstić information content (AvgIpc) is 2.39. The van der Waals surface area contributed by atoms with Crippen LogP contribution in [-0.4, -0.2) is 43.9 Å². The zero-order chi connectivity index (χ0) is 12.6. The van der Waals surface area contributed by atoms with Gasteiger partial charge in [0.1, 0.15) is 0 Å². The molecule has 0 atom stereocenters. The molecule has 4 N–H and O–H groups in total. The molecule has 17 heavy (non-hydrogen) atoms. The molecular formula is C12H24N2O3. The predicted molar refractivity (Wildman–Crippen MR) is 65.5 cm³/mol. The first-order chi connectivity index (χ1) is 8.25. The number of nitrogens with one attached hydrogen (secondary N) is 1. The van der Waals surface area contributed by atoms with Crippen LogP contribution in [0.2, 0.25) is 0 Å². The summed E-state index contributed by atoms with van der Waals surface area (Å²) in [6, 6.07) is 0. The molecule has 1 amide bonds. The molecule has 0 spiro atoms. The first-order valence-corrected chi connectivity index (χ1v) is 6.42. The maximum absolute atomic E-state index is 12.1. The van der Waals surface area contributed by atoms with E-state index < -0.39 is 5.41 Å². The van der Waals surface area contributed by atoms with E-state index in [9.17, 15) is 4.79 Å². The van der Waals surface area contributed by atoms with Gasteiger partial charge in [-0.1, -0.05) is 0 Å². The topological polar surface area (TPSA) is 84.6 Å². The van der Waals surface area contributed by atoms with Gasteiger partial charge in [-0.3, -0.25) is 4.79 Å². The molecule has 0 aliphatic carbocycles. The molecule has 0 aromatic carbocycles. The van der Waals surface area contributed by atoms with E-state index in [2.05, 4.69) is 5.32 Å². The molecule has 1 saturated heterocycles. The number of ether oxygens (including phenoxy) is 1. The van der Waals surface area contributed by atoms with Crippen LogP contribution in [0.5, 0.6) is 0 Å². The molecule has 0 aromatic rings. The van der Waals surface area contributed by atoms with E-state index >= 15 is 0 Å². The van der Waals surface area contributed by atoms with Crippen molar-refractivity contribution in [2.45, 2.75) is 32.1 Å². The summed E-state index contributed by atoms with van der Waals surface area (Å²) in [5, 5.41) is 11.6. The summed E-state index contributed by atoms with van der Waals surface area (Å²) >= 11 is 0. The molecule has 1 rings (SSSR count). The van der Waals surface area contributed by atoms with Crippen molar-refractivity contribution in [3.8, 4) is 0 Å². The Hall–Kier alpha value is -0.650. The van der Waals surface area contributed by atoms with Crippen molar-refractivity contribution in [3.63, 3.8) is 0 Å². The SMILES string of the molecule is NCC1(C(=O)NCCCCCO)CCOCC1. The molecule has 5 heteroatoms. The predicted octanol–water partition coefficient (Wildman–Crippen LogP) is 0.0207. The van der Waals surface area contributed by atoms with E-state index in [1.165, 1.54) is 0 Å². The quantitative estimate of drug-likeness (QED) is 0.551. The van der Waals surface area contributed by atoms with Gasteiger partial charge in [0.05, 0.1) is 5.41 Å². The lowest BCUT2D eigenvalue weighted by Crippen LogP contribution is -2.49. The van der Waals surface area contributed by atoms with Crippen molar-refractivity contribution < 1.29 is 14.6 Å². The number of rotatable bonds is 7. The summed E-state index contributed by atoms with van der Waals surface area (Å²) < 4.78 is 5.27. The van der Waals surface area contributed by atoms with Crippen LogP contribution < -0.4 is 11.1 Å². The summed E-state index contributed by atoms with van der Waals surface area (Å²) in [4.78, 5) is 12.1. The molecule has 0 unspecified atom stereocenters. The molecule has 0 aromatic heterocycles. The molecule has 1 fully saturated rings. The fourth-order valence-electron chi connectivity index (χ4n) is 2.09. The van der Waals surface area contributed by atoms with Crippen LogP contribution >= 0.6 is 0 Å². The third-order valence-corrected chi connectivity index (χ3v) is 3.44. The maximum atomic E-state index is 12.1. The Labute approximate surface area is 103 Å². The van der Waals surface area contributed by atoms with Crippen LogP contribution in [0, 0.1) is 5.41 Å². The monoisotopic (exact) mass is 244 g/mol. The van der Waals surface area contributed by atoms with Gasteiger partial charge in [0.2, 0.25) is 5.91 Å². The molecule has 5 nitrogen and oxygen atoms in total. The highest BCUT2D eigenvalue weighted by atomic mass is 16.5. The van der Waals surface area contributed by atoms with Crippen molar-refractivity contribution in [2.24, 2.45) is 11.1 Å². The first kappa shape index (κ1) is 14.4. The highest BCUT2D eigenvalue weighted by Crippen LogP contribution is 2.29. The maximum Gasteiger partial charge on any atom is 0.227 e. The number of hydrogen-bond acceptors (Lipinski definition) is 4. The average molecular weight is 244 g/mol. The van der Waals surface area contributed by atoms with Gasteiger partial charge in [0.25, 0.3) is 0 Å². The Morgan fingerprint density at radius 3 is 2.59 bits per heavy atom. The Kier molecular flexibility index (Phi) is 6.47. The third kappa shape index (κ3) is 4.26. The van der Waals surface area contributed by atoms with Gasteiger partial charge < -0.3 is 20.9 Å². The highest BCUT2D eigenvalue weighted by Gasteiger charge is 2.38. The van der Waals surface area contributed by atoms with Gasteiger partial charge >= 0.3 is 0 Å². The zero-order valence-corrected chi connectivity index (χ0v) is 10.4.